The third-order valence-corrected chi connectivity index (χ3v) is 2.75. The molecule has 0 radical (unpaired) electrons. The number of hydrogen-bond acceptors (Lipinski definition) is 5. The SMILES string of the molecule is CNc1nc(C)cc(C(=O)NCC(C)N(C)C)n1. The molecule has 6 nitrogen and oxygen atoms in total. The number of likely N-dealkylation sites (N-methyl/N-ethyl adjacent to an activating group) is 1. The number of hydrogen-bond donors (Lipinski definition) is 2. The quantitative estimate of drug-likeness (QED) is 0.798. The molecule has 1 unspecified atom stereocenters. The molecule has 1 atom stereocenters. The van der Waals surface area contributed by atoms with Crippen LogP contribution in [0.1, 0.15) is 23.1 Å². The highest BCUT2D eigenvalue weighted by Gasteiger charge is 2.12. The van der Waals surface area contributed by atoms with E-state index >= 15 is 0 Å². The Morgan fingerprint density at radius 3 is 2.67 bits per heavy atom. The zero-order valence-electron chi connectivity index (χ0n) is 11.6. The van der Waals surface area contributed by atoms with Crippen LogP contribution in [0.5, 0.6) is 0 Å². The average Bonchev–Trinajstić information content (AvgIpc) is 2.34. The summed E-state index contributed by atoms with van der Waals surface area (Å²) in [6.45, 7) is 4.47. The standard InChI is InChI=1S/C12H21N5O/c1-8-6-10(16-12(13-3)15-8)11(18)14-7-9(2)17(4)5/h6,9H,7H2,1-5H3,(H,14,18)(H,13,15,16). The van der Waals surface area contributed by atoms with Gasteiger partial charge in [0.2, 0.25) is 5.95 Å². The van der Waals surface area contributed by atoms with E-state index < -0.39 is 0 Å². The normalized spacial score (nSPS) is 12.3. The Hall–Kier alpha value is -1.69. The van der Waals surface area contributed by atoms with E-state index in [9.17, 15) is 4.79 Å². The molecule has 18 heavy (non-hydrogen) atoms. The predicted molar refractivity (Wildman–Crippen MR) is 71.8 cm³/mol. The molecule has 0 aliphatic carbocycles. The minimum Gasteiger partial charge on any atom is -0.357 e. The fraction of sp³-hybridized carbons (Fsp3) is 0.583. The first kappa shape index (κ1) is 14.4. The summed E-state index contributed by atoms with van der Waals surface area (Å²) < 4.78 is 0. The Morgan fingerprint density at radius 1 is 1.44 bits per heavy atom. The van der Waals surface area contributed by atoms with Gasteiger partial charge in [-0.1, -0.05) is 0 Å². The molecule has 6 heteroatoms. The monoisotopic (exact) mass is 251 g/mol. The molecule has 1 aromatic heterocycles. The first-order valence-corrected chi connectivity index (χ1v) is 5.92. The van der Waals surface area contributed by atoms with Crippen molar-refractivity contribution in [2.24, 2.45) is 0 Å². The van der Waals surface area contributed by atoms with Crippen molar-refractivity contribution < 1.29 is 4.79 Å². The molecule has 0 aliphatic heterocycles. The van der Waals surface area contributed by atoms with Crippen LogP contribution in [0, 0.1) is 6.92 Å². The number of rotatable bonds is 5. The van der Waals surface area contributed by atoms with Gasteiger partial charge < -0.3 is 15.5 Å². The van der Waals surface area contributed by atoms with Crippen molar-refractivity contribution in [3.8, 4) is 0 Å². The van der Waals surface area contributed by atoms with Crippen LogP contribution in [-0.2, 0) is 0 Å². The molecule has 1 aromatic rings. The molecule has 0 bridgehead atoms. The summed E-state index contributed by atoms with van der Waals surface area (Å²) in [7, 11) is 5.68. The smallest absolute Gasteiger partial charge is 0.270 e. The van der Waals surface area contributed by atoms with E-state index in [2.05, 4.69) is 20.6 Å². The van der Waals surface area contributed by atoms with Crippen molar-refractivity contribution in [2.75, 3.05) is 33.0 Å². The van der Waals surface area contributed by atoms with Gasteiger partial charge in [0, 0.05) is 25.3 Å². The maximum absolute atomic E-state index is 11.9. The van der Waals surface area contributed by atoms with E-state index in [1.807, 2.05) is 32.8 Å². The van der Waals surface area contributed by atoms with Crippen molar-refractivity contribution >= 4 is 11.9 Å². The van der Waals surface area contributed by atoms with E-state index in [1.165, 1.54) is 0 Å². The molecular formula is C12H21N5O. The van der Waals surface area contributed by atoms with Gasteiger partial charge in [-0.2, -0.15) is 0 Å². The molecule has 2 N–H and O–H groups in total. The Labute approximate surface area is 108 Å². The van der Waals surface area contributed by atoms with Crippen molar-refractivity contribution in [1.29, 1.82) is 0 Å². The summed E-state index contributed by atoms with van der Waals surface area (Å²) >= 11 is 0. The molecule has 0 aliphatic rings. The molecule has 0 fully saturated rings. The number of aryl methyl sites for hydroxylation is 1. The molecule has 1 heterocycles. The van der Waals surface area contributed by atoms with E-state index in [1.54, 1.807) is 13.1 Å². The summed E-state index contributed by atoms with van der Waals surface area (Å²) in [4.78, 5) is 22.3. The van der Waals surface area contributed by atoms with Gasteiger partial charge in [0.25, 0.3) is 5.91 Å². The van der Waals surface area contributed by atoms with Crippen LogP contribution in [0.25, 0.3) is 0 Å². The fourth-order valence-electron chi connectivity index (χ4n) is 1.31. The van der Waals surface area contributed by atoms with Gasteiger partial charge in [-0.3, -0.25) is 4.79 Å². The highest BCUT2D eigenvalue weighted by molar-refractivity contribution is 5.92. The summed E-state index contributed by atoms with van der Waals surface area (Å²) in [5.41, 5.74) is 1.15. The topological polar surface area (TPSA) is 70.2 Å². The lowest BCUT2D eigenvalue weighted by Gasteiger charge is -2.19. The molecule has 0 saturated carbocycles. The van der Waals surface area contributed by atoms with E-state index in [0.717, 1.165) is 5.69 Å². The number of carbonyl (C=O) groups is 1. The van der Waals surface area contributed by atoms with Crippen LogP contribution in [0.4, 0.5) is 5.95 Å². The van der Waals surface area contributed by atoms with Crippen LogP contribution in [0.3, 0.4) is 0 Å². The second-order valence-corrected chi connectivity index (χ2v) is 4.49. The first-order valence-electron chi connectivity index (χ1n) is 5.92. The van der Waals surface area contributed by atoms with Crippen molar-refractivity contribution in [1.82, 2.24) is 20.2 Å². The lowest BCUT2D eigenvalue weighted by atomic mass is 10.3. The molecule has 0 saturated heterocycles. The minimum atomic E-state index is -0.175. The number of nitrogens with one attached hydrogen (secondary N) is 2. The number of amides is 1. The largest absolute Gasteiger partial charge is 0.357 e. The number of carbonyl (C=O) groups excluding carboxylic acids is 1. The van der Waals surface area contributed by atoms with E-state index in [4.69, 9.17) is 0 Å². The lowest BCUT2D eigenvalue weighted by molar-refractivity contribution is 0.0938. The summed E-state index contributed by atoms with van der Waals surface area (Å²) in [5, 5.41) is 5.70. The maximum atomic E-state index is 11.9. The second kappa shape index (κ2) is 6.30. The first-order chi connectivity index (χ1) is 8.43. The molecule has 0 aromatic carbocycles. The highest BCUT2D eigenvalue weighted by atomic mass is 16.1. The summed E-state index contributed by atoms with van der Waals surface area (Å²) in [6, 6.07) is 1.96. The summed E-state index contributed by atoms with van der Waals surface area (Å²) in [5.74, 6) is 0.284. The Kier molecular flexibility index (Phi) is 5.03. The van der Waals surface area contributed by atoms with Crippen LogP contribution < -0.4 is 10.6 Å². The van der Waals surface area contributed by atoms with Gasteiger partial charge in [0.15, 0.2) is 0 Å². The third kappa shape index (κ3) is 3.96. The van der Waals surface area contributed by atoms with E-state index in [0.29, 0.717) is 18.2 Å². The number of anilines is 1. The fourth-order valence-corrected chi connectivity index (χ4v) is 1.31. The number of aromatic nitrogens is 2. The maximum Gasteiger partial charge on any atom is 0.270 e. The highest BCUT2D eigenvalue weighted by Crippen LogP contribution is 2.04. The van der Waals surface area contributed by atoms with E-state index in [-0.39, 0.29) is 11.9 Å². The van der Waals surface area contributed by atoms with Crippen LogP contribution in [-0.4, -0.2) is 54.5 Å². The van der Waals surface area contributed by atoms with Crippen molar-refractivity contribution in [2.45, 2.75) is 19.9 Å². The Balaban J connectivity index is 2.69. The van der Waals surface area contributed by atoms with Gasteiger partial charge in [0.05, 0.1) is 0 Å². The number of nitrogens with zero attached hydrogens (tertiary/aromatic N) is 3. The van der Waals surface area contributed by atoms with Gasteiger partial charge in [-0.05, 0) is 34.0 Å². The van der Waals surface area contributed by atoms with Crippen molar-refractivity contribution in [3.05, 3.63) is 17.5 Å². The Morgan fingerprint density at radius 2 is 2.11 bits per heavy atom. The molecule has 100 valence electrons. The van der Waals surface area contributed by atoms with Crippen LogP contribution >= 0.6 is 0 Å². The molecule has 1 rings (SSSR count). The Bertz CT molecular complexity index is 419. The van der Waals surface area contributed by atoms with Crippen LogP contribution in [0.15, 0.2) is 6.07 Å². The molecule has 0 spiro atoms. The predicted octanol–water partition coefficient (Wildman–Crippen LogP) is 0.507. The molecular weight excluding hydrogens is 230 g/mol. The molecule has 1 amide bonds. The minimum absolute atomic E-state index is 0.175. The zero-order valence-corrected chi connectivity index (χ0v) is 11.6. The third-order valence-electron chi connectivity index (χ3n) is 2.75. The second-order valence-electron chi connectivity index (χ2n) is 4.49. The zero-order chi connectivity index (χ0) is 13.7. The van der Waals surface area contributed by atoms with Crippen molar-refractivity contribution in [3.63, 3.8) is 0 Å². The van der Waals surface area contributed by atoms with Gasteiger partial charge in [-0.15, -0.1) is 0 Å². The van der Waals surface area contributed by atoms with Crippen LogP contribution in [0.2, 0.25) is 0 Å². The van der Waals surface area contributed by atoms with Gasteiger partial charge in [0.1, 0.15) is 5.69 Å². The van der Waals surface area contributed by atoms with Gasteiger partial charge in [-0.25, -0.2) is 9.97 Å². The van der Waals surface area contributed by atoms with Gasteiger partial charge >= 0.3 is 0 Å². The summed E-state index contributed by atoms with van der Waals surface area (Å²) in [6.07, 6.45) is 0. The lowest BCUT2D eigenvalue weighted by Crippen LogP contribution is -2.38. The average molecular weight is 251 g/mol.